The molecule has 0 aromatic heterocycles. The van der Waals surface area contributed by atoms with Gasteiger partial charge in [-0.3, -0.25) is 0 Å². The molecular weight excluding hydrogens is 382 g/mol. The Hall–Kier alpha value is -0.850. The van der Waals surface area contributed by atoms with Crippen molar-refractivity contribution in [2.24, 2.45) is 0 Å². The van der Waals surface area contributed by atoms with E-state index in [4.69, 9.17) is 5.11 Å². The van der Waals surface area contributed by atoms with Crippen LogP contribution in [0.3, 0.4) is 0 Å². The SMILES string of the molecule is CC(C)NC(C)C.O=C(O)/C([S-])=C/c1ccccc1O.[Ag+]. The van der Waals surface area contributed by atoms with E-state index in [9.17, 15) is 9.90 Å². The number of phenolic OH excluding ortho intramolecular Hbond substituents is 1. The average molecular weight is 404 g/mol. The van der Waals surface area contributed by atoms with Gasteiger partial charge in [-0.2, -0.15) is 0 Å². The fourth-order valence-electron chi connectivity index (χ4n) is 1.48. The molecule has 0 spiro atoms. The molecule has 3 N–H and O–H groups in total. The van der Waals surface area contributed by atoms with Crippen molar-refractivity contribution in [3.8, 4) is 5.75 Å². The Morgan fingerprint density at radius 3 is 2.00 bits per heavy atom. The summed E-state index contributed by atoms with van der Waals surface area (Å²) in [6.45, 7) is 8.61. The van der Waals surface area contributed by atoms with E-state index in [0.29, 0.717) is 17.6 Å². The monoisotopic (exact) mass is 403 g/mol. The molecule has 0 aliphatic carbocycles. The zero-order chi connectivity index (χ0) is 15.7. The van der Waals surface area contributed by atoms with Crippen molar-refractivity contribution in [3.63, 3.8) is 0 Å². The van der Waals surface area contributed by atoms with E-state index in [0.717, 1.165) is 0 Å². The molecule has 0 amide bonds. The summed E-state index contributed by atoms with van der Waals surface area (Å²) in [5, 5.41) is 21.0. The van der Waals surface area contributed by atoms with Gasteiger partial charge >= 0.3 is 28.3 Å². The van der Waals surface area contributed by atoms with Crippen LogP contribution in [0.25, 0.3) is 6.08 Å². The summed E-state index contributed by atoms with van der Waals surface area (Å²) in [5.41, 5.74) is 0.412. The standard InChI is InChI=1S/C9H8O3S.C6H15N.Ag/c10-7-4-2-1-3-6(7)5-8(13)9(11)12;1-5(2)7-6(3)4;/h1-5,10,13H,(H,11,12);5-7H,1-4H3;/q;;+1/p-1/b8-5-;;. The number of carbonyl (C=O) groups is 1. The number of aliphatic carboxylic acids is 1. The minimum Gasteiger partial charge on any atom is -0.773 e. The maximum absolute atomic E-state index is 10.4. The first-order valence-electron chi connectivity index (χ1n) is 6.40. The number of phenols is 1. The summed E-state index contributed by atoms with van der Waals surface area (Å²) in [5.74, 6) is -1.15. The van der Waals surface area contributed by atoms with Gasteiger partial charge in [-0.25, -0.2) is 4.79 Å². The maximum Gasteiger partial charge on any atom is 1.00 e. The number of carboxylic acids is 1. The second-order valence-electron chi connectivity index (χ2n) is 4.85. The molecule has 0 heterocycles. The third kappa shape index (κ3) is 11.5. The first kappa shape index (κ1) is 22.4. The van der Waals surface area contributed by atoms with Crippen molar-refractivity contribution in [2.75, 3.05) is 0 Å². The maximum atomic E-state index is 10.4. The molecule has 0 aliphatic rings. The molecule has 1 aromatic carbocycles. The van der Waals surface area contributed by atoms with Crippen molar-refractivity contribution in [3.05, 3.63) is 34.7 Å². The zero-order valence-corrected chi connectivity index (χ0v) is 14.9. The van der Waals surface area contributed by atoms with Crippen LogP contribution >= 0.6 is 0 Å². The second-order valence-corrected chi connectivity index (χ2v) is 5.29. The Balaban J connectivity index is 0. The molecule has 0 saturated heterocycles. The molecule has 0 aliphatic heterocycles. The molecule has 0 unspecified atom stereocenters. The van der Waals surface area contributed by atoms with E-state index in [-0.39, 0.29) is 33.0 Å². The minimum absolute atomic E-state index is 0. The molecule has 0 atom stereocenters. The van der Waals surface area contributed by atoms with Crippen molar-refractivity contribution in [2.45, 2.75) is 39.8 Å². The summed E-state index contributed by atoms with van der Waals surface area (Å²) in [4.78, 5) is 10.1. The molecule has 0 bridgehead atoms. The van der Waals surface area contributed by atoms with Gasteiger partial charge in [0.05, 0.1) is 0 Å². The van der Waals surface area contributed by atoms with E-state index in [2.05, 4.69) is 45.6 Å². The van der Waals surface area contributed by atoms with Crippen LogP contribution in [0.4, 0.5) is 0 Å². The molecule has 1 aromatic rings. The third-order valence-corrected chi connectivity index (χ3v) is 2.39. The van der Waals surface area contributed by atoms with Crippen LogP contribution in [0.15, 0.2) is 29.2 Å². The zero-order valence-electron chi connectivity index (χ0n) is 12.6. The summed E-state index contributed by atoms with van der Waals surface area (Å²) in [6, 6.07) is 7.65. The van der Waals surface area contributed by atoms with Gasteiger partial charge in [0, 0.05) is 17.6 Å². The van der Waals surface area contributed by atoms with Gasteiger partial charge in [0.25, 0.3) is 0 Å². The molecule has 1 rings (SSSR count). The average Bonchev–Trinajstić information content (AvgIpc) is 2.30. The molecule has 0 radical (unpaired) electrons. The smallest absolute Gasteiger partial charge is 0.773 e. The van der Waals surface area contributed by atoms with Crippen molar-refractivity contribution in [1.29, 1.82) is 0 Å². The van der Waals surface area contributed by atoms with E-state index >= 15 is 0 Å². The fourth-order valence-corrected chi connectivity index (χ4v) is 1.61. The van der Waals surface area contributed by atoms with Gasteiger partial charge < -0.3 is 28.2 Å². The van der Waals surface area contributed by atoms with Crippen molar-refractivity contribution in [1.82, 2.24) is 5.32 Å². The Morgan fingerprint density at radius 1 is 1.19 bits per heavy atom. The molecular formula is C15H22AgNO3S. The largest absolute Gasteiger partial charge is 1.00 e. The number of rotatable bonds is 4. The quantitative estimate of drug-likeness (QED) is 0.409. The Bertz CT molecular complexity index is 456. The first-order chi connectivity index (χ1) is 9.23. The molecule has 21 heavy (non-hydrogen) atoms. The van der Waals surface area contributed by atoms with Gasteiger partial charge in [-0.05, 0) is 6.07 Å². The molecule has 0 fully saturated rings. The van der Waals surface area contributed by atoms with Crippen LogP contribution in [-0.2, 0) is 39.8 Å². The van der Waals surface area contributed by atoms with Gasteiger partial charge in [-0.15, -0.1) is 0 Å². The number of nitrogens with one attached hydrogen (secondary N) is 1. The number of hydrogen-bond acceptors (Lipinski definition) is 4. The third-order valence-electron chi connectivity index (χ3n) is 2.10. The van der Waals surface area contributed by atoms with Crippen LogP contribution in [0.5, 0.6) is 5.75 Å². The summed E-state index contributed by atoms with van der Waals surface area (Å²) < 4.78 is 0. The second kappa shape index (κ2) is 11.8. The van der Waals surface area contributed by atoms with E-state index < -0.39 is 5.97 Å². The number of hydrogen-bond donors (Lipinski definition) is 3. The van der Waals surface area contributed by atoms with Crippen LogP contribution < -0.4 is 5.32 Å². The van der Waals surface area contributed by atoms with Gasteiger partial charge in [0.2, 0.25) is 0 Å². The molecule has 6 heteroatoms. The summed E-state index contributed by atoms with van der Waals surface area (Å²) >= 11 is 4.55. The van der Waals surface area contributed by atoms with Crippen LogP contribution in [0.1, 0.15) is 33.3 Å². The van der Waals surface area contributed by atoms with E-state index in [1.165, 1.54) is 12.1 Å². The van der Waals surface area contributed by atoms with E-state index in [1.807, 2.05) is 0 Å². The normalized spacial score (nSPS) is 10.7. The van der Waals surface area contributed by atoms with Crippen molar-refractivity contribution < 1.29 is 37.4 Å². The molecule has 0 saturated carbocycles. The van der Waals surface area contributed by atoms with Crippen LogP contribution in [0, 0.1) is 0 Å². The minimum atomic E-state index is -1.17. The Labute approximate surface area is 147 Å². The topological polar surface area (TPSA) is 69.6 Å². The number of carboxylic acid groups (broad SMARTS) is 1. The predicted molar refractivity (Wildman–Crippen MR) is 84.5 cm³/mol. The Kier molecular flexibility index (Phi) is 12.6. The summed E-state index contributed by atoms with van der Waals surface area (Å²) in [7, 11) is 0. The van der Waals surface area contributed by atoms with Crippen molar-refractivity contribution >= 4 is 24.7 Å². The molecule has 122 valence electrons. The van der Waals surface area contributed by atoms with Gasteiger partial charge in [0.15, 0.2) is 0 Å². The number of para-hydroxylation sites is 1. The van der Waals surface area contributed by atoms with Gasteiger partial charge in [-0.1, -0.05) is 56.9 Å². The number of benzene rings is 1. The van der Waals surface area contributed by atoms with Crippen LogP contribution in [0.2, 0.25) is 0 Å². The van der Waals surface area contributed by atoms with Gasteiger partial charge in [0.1, 0.15) is 5.75 Å². The van der Waals surface area contributed by atoms with Crippen LogP contribution in [-0.4, -0.2) is 28.3 Å². The first-order valence-corrected chi connectivity index (χ1v) is 6.81. The van der Waals surface area contributed by atoms with E-state index in [1.54, 1.807) is 18.2 Å². The fraction of sp³-hybridized carbons (Fsp3) is 0.400. The number of aromatic hydroxyl groups is 1. The predicted octanol–water partition coefficient (Wildman–Crippen LogP) is 2.75. The summed E-state index contributed by atoms with van der Waals surface area (Å²) in [6.07, 6.45) is 1.24. The Morgan fingerprint density at radius 2 is 1.67 bits per heavy atom. The molecule has 4 nitrogen and oxygen atoms in total.